The Morgan fingerprint density at radius 1 is 0.378 bits per heavy atom. The fourth-order valence-electron chi connectivity index (χ4n) is 4.68. The summed E-state index contributed by atoms with van der Waals surface area (Å²) in [5.74, 6) is -1.83. The van der Waals surface area contributed by atoms with Crippen molar-refractivity contribution in [3.8, 4) is 0 Å². The summed E-state index contributed by atoms with van der Waals surface area (Å²) >= 11 is 0. The molecule has 0 aliphatic carbocycles. The van der Waals surface area contributed by atoms with E-state index in [1.165, 1.54) is 128 Å². The van der Waals surface area contributed by atoms with Crippen LogP contribution in [-0.2, 0) is 9.59 Å². The van der Waals surface area contributed by atoms with Gasteiger partial charge in [-0.1, -0.05) is 141 Å². The second-order valence-corrected chi connectivity index (χ2v) is 11.7. The average Bonchev–Trinajstić information content (AvgIpc) is 2.97. The molecule has 0 aliphatic rings. The summed E-state index contributed by atoms with van der Waals surface area (Å²) < 4.78 is 0. The van der Waals surface area contributed by atoms with E-state index in [-0.39, 0.29) is 58.3 Å². The third kappa shape index (κ3) is 66.5. The summed E-state index contributed by atoms with van der Waals surface area (Å²) in [5.41, 5.74) is 0. The molecule has 0 saturated heterocycles. The number of carbonyl (C=O) groups excluding carboxylic acids is 3. The van der Waals surface area contributed by atoms with Crippen LogP contribution in [0.5, 0.6) is 0 Å². The Morgan fingerprint density at radius 2 is 0.578 bits per heavy atom. The maximum Gasteiger partial charge on any atom is 2.00 e. The molecule has 0 aromatic rings. The van der Waals surface area contributed by atoms with E-state index >= 15 is 0 Å². The second kappa shape index (κ2) is 47.6. The van der Waals surface area contributed by atoms with Gasteiger partial charge in [-0.3, -0.25) is 0 Å². The molecular weight excluding hydrogens is 644 g/mol. The molecule has 0 amide bonds. The molecule has 45 heavy (non-hydrogen) atoms. The molecule has 0 bridgehead atoms. The number of carboxylic acids is 2. The topological polar surface area (TPSA) is 143 Å². The van der Waals surface area contributed by atoms with E-state index in [9.17, 15) is 19.8 Å². The van der Waals surface area contributed by atoms with Crippen molar-refractivity contribution in [2.45, 2.75) is 194 Å². The van der Waals surface area contributed by atoms with E-state index in [1.807, 2.05) is 0 Å². The number of unbranched alkanes of at least 4 members (excludes halogenated alkanes) is 22. The first-order valence-corrected chi connectivity index (χ1v) is 17.8. The number of hydrogen-bond donors (Lipinski definition) is 0. The summed E-state index contributed by atoms with van der Waals surface area (Å²) in [6.07, 6.45) is 39.5. The van der Waals surface area contributed by atoms with Crippen molar-refractivity contribution in [1.82, 2.24) is 0 Å². The minimum Gasteiger partial charge on any atom is -0.652 e. The number of aliphatic carboxylic acids is 2. The van der Waals surface area contributed by atoms with Crippen LogP contribution < -0.4 is 20.4 Å². The second-order valence-electron chi connectivity index (χ2n) is 11.7. The summed E-state index contributed by atoms with van der Waals surface area (Å²) in [6.45, 7) is 4.51. The Hall–Kier alpha value is -0.829. The van der Waals surface area contributed by atoms with Crippen LogP contribution in [0.3, 0.4) is 0 Å². The van der Waals surface area contributed by atoms with Crippen molar-refractivity contribution < 1.29 is 34.8 Å². The largest absolute Gasteiger partial charge is 2.00 e. The van der Waals surface area contributed by atoms with Crippen LogP contribution in [0.25, 0.3) is 0 Å². The number of allylic oxidation sites excluding steroid dienone is 4. The van der Waals surface area contributed by atoms with Crippen LogP contribution in [-0.4, -0.2) is 63.6 Å². The Morgan fingerprint density at radius 3 is 0.800 bits per heavy atom. The molecule has 0 N–H and O–H groups in total. The van der Waals surface area contributed by atoms with Crippen molar-refractivity contribution in [2.24, 2.45) is 0 Å². The molecular formula is C37H66O7Sr-2. The molecule has 0 fully saturated rings. The number of hydrogen-bond acceptors (Lipinski definition) is 7. The van der Waals surface area contributed by atoms with Gasteiger partial charge in [0, 0.05) is 11.9 Å². The molecule has 0 atom stereocenters. The van der Waals surface area contributed by atoms with Gasteiger partial charge in [-0.05, 0) is 83.2 Å². The van der Waals surface area contributed by atoms with E-state index < -0.39 is 18.1 Å². The fourth-order valence-corrected chi connectivity index (χ4v) is 4.68. The molecule has 0 spiro atoms. The van der Waals surface area contributed by atoms with Crippen LogP contribution >= 0.6 is 0 Å². The fraction of sp³-hybridized carbons (Fsp3) is 0.811. The molecule has 0 unspecified atom stereocenters. The monoisotopic (exact) mass is 710 g/mol. The Kier molecular flexibility index (Phi) is 53.9. The SMILES string of the molecule is CCCCCCCC/C=C\CCCCCCCC(=O)[O-].CCCCCCCC/C=C\CCCCCCCC(=O)[O-].O=C([O-])[O-].[Sr+2]. The van der Waals surface area contributed by atoms with E-state index in [4.69, 9.17) is 15.0 Å². The molecule has 0 aromatic carbocycles. The van der Waals surface area contributed by atoms with Gasteiger partial charge < -0.3 is 34.8 Å². The summed E-state index contributed by atoms with van der Waals surface area (Å²) in [4.78, 5) is 28.8. The number of carbonyl (C=O) groups is 3. The quantitative estimate of drug-likeness (QED) is 0.0458. The third-order valence-electron chi connectivity index (χ3n) is 7.29. The van der Waals surface area contributed by atoms with Crippen LogP contribution in [0.15, 0.2) is 24.3 Å². The minimum absolute atomic E-state index is 0. The smallest absolute Gasteiger partial charge is 0.652 e. The zero-order chi connectivity index (χ0) is 33.4. The van der Waals surface area contributed by atoms with Gasteiger partial charge in [-0.25, -0.2) is 0 Å². The molecule has 0 heterocycles. The number of carboxylic acid groups (broad SMARTS) is 4. The predicted molar refractivity (Wildman–Crippen MR) is 180 cm³/mol. The van der Waals surface area contributed by atoms with Gasteiger partial charge in [0.25, 0.3) is 0 Å². The van der Waals surface area contributed by atoms with Crippen molar-refractivity contribution >= 4 is 63.6 Å². The maximum atomic E-state index is 10.2. The first kappa shape index (κ1) is 51.0. The van der Waals surface area contributed by atoms with Crippen LogP contribution in [0.2, 0.25) is 0 Å². The molecule has 260 valence electrons. The Labute approximate surface area is 314 Å². The van der Waals surface area contributed by atoms with Gasteiger partial charge in [-0.2, -0.15) is 0 Å². The molecule has 0 aliphatic heterocycles. The molecule has 8 heteroatoms. The molecule has 7 nitrogen and oxygen atoms in total. The maximum absolute atomic E-state index is 10.2. The molecule has 0 saturated carbocycles. The average molecular weight is 711 g/mol. The third-order valence-corrected chi connectivity index (χ3v) is 7.29. The summed E-state index contributed by atoms with van der Waals surface area (Å²) in [6, 6.07) is 0. The molecule has 0 aromatic heterocycles. The van der Waals surface area contributed by atoms with E-state index in [0.717, 1.165) is 38.5 Å². The molecule has 0 rings (SSSR count). The van der Waals surface area contributed by atoms with Gasteiger partial charge in [0.05, 0.1) is 0 Å². The van der Waals surface area contributed by atoms with Crippen LogP contribution in [0.4, 0.5) is 4.79 Å². The zero-order valence-electron chi connectivity index (χ0n) is 29.2. The standard InChI is InChI=1S/2C18H34O2.CH2O3.Sr/c2*1-2-3-4-5-6-7-8-9-10-11-12-13-14-15-16-17-18(19)20;2-1(3)4;/h2*9-10H,2-8,11-17H2,1H3,(H,19,20);(H2,2,3,4);/q;;;+2/p-4/b2*10-9-;;. The predicted octanol–water partition coefficient (Wildman–Crippen LogP) is 6.72. The Bertz CT molecular complexity index is 611. The van der Waals surface area contributed by atoms with Crippen molar-refractivity contribution in [3.05, 3.63) is 24.3 Å². The van der Waals surface area contributed by atoms with Gasteiger partial charge in [0.2, 0.25) is 0 Å². The number of rotatable bonds is 30. The normalized spacial score (nSPS) is 10.5. The Balaban J connectivity index is -0.000000327. The summed E-state index contributed by atoms with van der Waals surface area (Å²) in [5, 5.41) is 37.1. The van der Waals surface area contributed by atoms with Crippen molar-refractivity contribution in [1.29, 1.82) is 0 Å². The van der Waals surface area contributed by atoms with Crippen molar-refractivity contribution in [3.63, 3.8) is 0 Å². The van der Waals surface area contributed by atoms with Crippen LogP contribution in [0.1, 0.15) is 194 Å². The zero-order valence-corrected chi connectivity index (χ0v) is 32.6. The first-order chi connectivity index (χ1) is 21.3. The van der Waals surface area contributed by atoms with Gasteiger partial charge in [0.1, 0.15) is 0 Å². The summed E-state index contributed by atoms with van der Waals surface area (Å²) in [7, 11) is 0. The van der Waals surface area contributed by atoms with Gasteiger partial charge >= 0.3 is 45.5 Å². The van der Waals surface area contributed by atoms with Crippen molar-refractivity contribution in [2.75, 3.05) is 0 Å². The van der Waals surface area contributed by atoms with E-state index in [1.54, 1.807) is 0 Å². The van der Waals surface area contributed by atoms with E-state index in [0.29, 0.717) is 0 Å². The molecule has 0 radical (unpaired) electrons. The minimum atomic E-state index is -2.33. The van der Waals surface area contributed by atoms with Crippen LogP contribution in [0, 0.1) is 0 Å². The van der Waals surface area contributed by atoms with E-state index in [2.05, 4.69) is 38.2 Å². The van der Waals surface area contributed by atoms with Gasteiger partial charge in [0.15, 0.2) is 0 Å². The first-order valence-electron chi connectivity index (χ1n) is 17.8. The van der Waals surface area contributed by atoms with Gasteiger partial charge in [-0.15, -0.1) is 0 Å².